The molecule has 0 aromatic rings. The van der Waals surface area contributed by atoms with Crippen molar-refractivity contribution < 1.29 is 14.3 Å². The predicted molar refractivity (Wildman–Crippen MR) is 49.3 cm³/mol. The molecule has 1 atom stereocenters. The molecule has 13 heavy (non-hydrogen) atoms. The van der Waals surface area contributed by atoms with Gasteiger partial charge in [0.2, 0.25) is 0 Å². The Labute approximate surface area is 78.7 Å². The van der Waals surface area contributed by atoms with E-state index in [2.05, 4.69) is 6.58 Å². The largest absolute Gasteiger partial charge is 0.462 e. The lowest BCUT2D eigenvalue weighted by Crippen LogP contribution is -2.05. The molecule has 3 nitrogen and oxygen atoms in total. The summed E-state index contributed by atoms with van der Waals surface area (Å²) < 4.78 is 9.94. The van der Waals surface area contributed by atoms with Gasteiger partial charge in [0.05, 0.1) is 6.61 Å². The smallest absolute Gasteiger partial charge is 0.333 e. The summed E-state index contributed by atoms with van der Waals surface area (Å²) in [5.41, 5.74) is 0.596. The number of esters is 1. The summed E-state index contributed by atoms with van der Waals surface area (Å²) in [5, 5.41) is 0. The minimum absolute atomic E-state index is 0.236. The van der Waals surface area contributed by atoms with Crippen molar-refractivity contribution >= 4 is 5.97 Å². The SMILES string of the molecule is C=C1CC(CCOC)CCOC1=O. The zero-order valence-corrected chi connectivity index (χ0v) is 8.04. The average Bonchev–Trinajstić information content (AvgIpc) is 2.26. The molecule has 1 rings (SSSR count). The van der Waals surface area contributed by atoms with Gasteiger partial charge in [-0.15, -0.1) is 0 Å². The molecule has 0 N–H and O–H groups in total. The molecule has 3 heteroatoms. The van der Waals surface area contributed by atoms with Gasteiger partial charge in [-0.1, -0.05) is 6.58 Å². The molecule has 74 valence electrons. The van der Waals surface area contributed by atoms with E-state index >= 15 is 0 Å². The molecule has 0 spiro atoms. The van der Waals surface area contributed by atoms with Gasteiger partial charge in [-0.05, 0) is 25.2 Å². The second kappa shape index (κ2) is 5.02. The Bertz CT molecular complexity index is 198. The van der Waals surface area contributed by atoms with Crippen molar-refractivity contribution in [3.8, 4) is 0 Å². The van der Waals surface area contributed by atoms with Crippen molar-refractivity contribution in [1.29, 1.82) is 0 Å². The second-order valence-electron chi connectivity index (χ2n) is 3.38. The van der Waals surface area contributed by atoms with Gasteiger partial charge in [-0.2, -0.15) is 0 Å². The zero-order valence-electron chi connectivity index (χ0n) is 8.04. The Morgan fingerprint density at radius 2 is 2.46 bits per heavy atom. The Balaban J connectivity index is 2.39. The first-order chi connectivity index (χ1) is 6.24. The molecule has 1 fully saturated rings. The first-order valence-corrected chi connectivity index (χ1v) is 4.58. The van der Waals surface area contributed by atoms with Crippen LogP contribution in [0.25, 0.3) is 0 Å². The van der Waals surface area contributed by atoms with Crippen LogP contribution in [0, 0.1) is 5.92 Å². The van der Waals surface area contributed by atoms with Crippen LogP contribution in [-0.2, 0) is 14.3 Å². The topological polar surface area (TPSA) is 35.5 Å². The van der Waals surface area contributed by atoms with Crippen molar-refractivity contribution in [1.82, 2.24) is 0 Å². The number of carbonyl (C=O) groups is 1. The van der Waals surface area contributed by atoms with Crippen LogP contribution in [0.3, 0.4) is 0 Å². The molecule has 1 unspecified atom stereocenters. The Morgan fingerprint density at radius 1 is 1.69 bits per heavy atom. The first kappa shape index (κ1) is 10.3. The van der Waals surface area contributed by atoms with Gasteiger partial charge in [0.1, 0.15) is 0 Å². The van der Waals surface area contributed by atoms with Crippen LogP contribution in [0.5, 0.6) is 0 Å². The van der Waals surface area contributed by atoms with Crippen molar-refractivity contribution in [2.24, 2.45) is 5.92 Å². The third kappa shape index (κ3) is 3.19. The Hall–Kier alpha value is -0.830. The highest BCUT2D eigenvalue weighted by molar-refractivity contribution is 5.87. The zero-order chi connectivity index (χ0) is 9.68. The van der Waals surface area contributed by atoms with Crippen LogP contribution in [-0.4, -0.2) is 26.3 Å². The van der Waals surface area contributed by atoms with Crippen LogP contribution in [0.15, 0.2) is 12.2 Å². The van der Waals surface area contributed by atoms with E-state index in [9.17, 15) is 4.79 Å². The van der Waals surface area contributed by atoms with E-state index < -0.39 is 0 Å². The maximum Gasteiger partial charge on any atom is 0.333 e. The number of cyclic esters (lactones) is 1. The molecule has 1 aliphatic rings. The maximum atomic E-state index is 11.1. The lowest BCUT2D eigenvalue weighted by molar-refractivity contribution is -0.138. The normalized spacial score (nSPS) is 23.9. The highest BCUT2D eigenvalue weighted by Crippen LogP contribution is 2.22. The van der Waals surface area contributed by atoms with Crippen molar-refractivity contribution in [3.63, 3.8) is 0 Å². The van der Waals surface area contributed by atoms with E-state index in [0.717, 1.165) is 25.9 Å². The molecule has 0 aliphatic carbocycles. The molecule has 0 amide bonds. The second-order valence-corrected chi connectivity index (χ2v) is 3.38. The number of hydrogen-bond acceptors (Lipinski definition) is 3. The molecular weight excluding hydrogens is 168 g/mol. The average molecular weight is 184 g/mol. The summed E-state index contributed by atoms with van der Waals surface area (Å²) in [5.74, 6) is 0.249. The Kier molecular flexibility index (Phi) is 3.96. The van der Waals surface area contributed by atoms with E-state index in [-0.39, 0.29) is 5.97 Å². The number of ether oxygens (including phenoxy) is 2. The first-order valence-electron chi connectivity index (χ1n) is 4.58. The summed E-state index contributed by atoms with van der Waals surface area (Å²) in [6, 6.07) is 0. The minimum atomic E-state index is -0.236. The van der Waals surface area contributed by atoms with E-state index in [1.807, 2.05) is 0 Å². The van der Waals surface area contributed by atoms with Crippen molar-refractivity contribution in [2.45, 2.75) is 19.3 Å². The third-order valence-corrected chi connectivity index (χ3v) is 2.31. The summed E-state index contributed by atoms with van der Waals surface area (Å²) in [4.78, 5) is 11.1. The fourth-order valence-corrected chi connectivity index (χ4v) is 1.49. The molecule has 1 heterocycles. The lowest BCUT2D eigenvalue weighted by atomic mass is 9.95. The van der Waals surface area contributed by atoms with E-state index in [1.165, 1.54) is 0 Å². The van der Waals surface area contributed by atoms with E-state index in [1.54, 1.807) is 7.11 Å². The molecule has 0 aromatic heterocycles. The molecular formula is C10H16O3. The molecule has 0 bridgehead atoms. The van der Waals surface area contributed by atoms with Crippen LogP contribution in [0.2, 0.25) is 0 Å². The van der Waals surface area contributed by atoms with Gasteiger partial charge in [0.25, 0.3) is 0 Å². The number of methoxy groups -OCH3 is 1. The van der Waals surface area contributed by atoms with Crippen LogP contribution in [0.4, 0.5) is 0 Å². The quantitative estimate of drug-likeness (QED) is 0.493. The van der Waals surface area contributed by atoms with E-state index in [0.29, 0.717) is 18.1 Å². The van der Waals surface area contributed by atoms with Gasteiger partial charge in [0.15, 0.2) is 0 Å². The standard InChI is InChI=1S/C10H16O3/c1-8-7-9(3-5-12-2)4-6-13-10(8)11/h9H,1,3-7H2,2H3. The van der Waals surface area contributed by atoms with Gasteiger partial charge in [0, 0.05) is 19.3 Å². The minimum Gasteiger partial charge on any atom is -0.462 e. The van der Waals surface area contributed by atoms with Crippen LogP contribution in [0.1, 0.15) is 19.3 Å². The van der Waals surface area contributed by atoms with Gasteiger partial charge in [-0.25, -0.2) is 4.79 Å². The molecule has 0 aromatic carbocycles. The van der Waals surface area contributed by atoms with Gasteiger partial charge >= 0.3 is 5.97 Å². The van der Waals surface area contributed by atoms with Gasteiger partial charge in [-0.3, -0.25) is 0 Å². The molecule has 1 saturated heterocycles. The maximum absolute atomic E-state index is 11.1. The van der Waals surface area contributed by atoms with E-state index in [4.69, 9.17) is 9.47 Å². The fourth-order valence-electron chi connectivity index (χ4n) is 1.49. The number of hydrogen-bond donors (Lipinski definition) is 0. The van der Waals surface area contributed by atoms with Gasteiger partial charge < -0.3 is 9.47 Å². The third-order valence-electron chi connectivity index (χ3n) is 2.31. The monoisotopic (exact) mass is 184 g/mol. The van der Waals surface area contributed by atoms with Crippen LogP contribution >= 0.6 is 0 Å². The molecule has 1 aliphatic heterocycles. The molecule has 0 radical (unpaired) electrons. The summed E-state index contributed by atoms with van der Waals surface area (Å²) in [6.07, 6.45) is 2.66. The Morgan fingerprint density at radius 3 is 3.15 bits per heavy atom. The van der Waals surface area contributed by atoms with Crippen molar-refractivity contribution in [2.75, 3.05) is 20.3 Å². The summed E-state index contributed by atoms with van der Waals surface area (Å²) >= 11 is 0. The number of rotatable bonds is 3. The highest BCUT2D eigenvalue weighted by Gasteiger charge is 2.20. The molecule has 0 saturated carbocycles. The highest BCUT2D eigenvalue weighted by atomic mass is 16.5. The van der Waals surface area contributed by atoms with Crippen molar-refractivity contribution in [3.05, 3.63) is 12.2 Å². The summed E-state index contributed by atoms with van der Waals surface area (Å²) in [7, 11) is 1.69. The van der Waals surface area contributed by atoms with Crippen LogP contribution < -0.4 is 0 Å². The predicted octanol–water partition coefficient (Wildman–Crippen LogP) is 1.53. The lowest BCUT2D eigenvalue weighted by Gasteiger charge is -2.11. The summed E-state index contributed by atoms with van der Waals surface area (Å²) in [6.45, 7) is 4.96. The number of carbonyl (C=O) groups excluding carboxylic acids is 1. The fraction of sp³-hybridized carbons (Fsp3) is 0.700.